The molecule has 7 nitrogen and oxygen atoms in total. The number of benzene rings is 1. The number of aromatic nitrogens is 3. The molecule has 0 bridgehead atoms. The fourth-order valence-electron chi connectivity index (χ4n) is 2.87. The van der Waals surface area contributed by atoms with E-state index in [1.807, 2.05) is 42.6 Å². The molecule has 0 spiro atoms. The Morgan fingerprint density at radius 1 is 1.23 bits per heavy atom. The van der Waals surface area contributed by atoms with E-state index in [0.29, 0.717) is 24.5 Å². The predicted molar refractivity (Wildman–Crippen MR) is 100 cm³/mol. The Morgan fingerprint density at radius 3 is 2.73 bits per heavy atom. The number of hydrogen-bond donors (Lipinski definition) is 0. The molecule has 0 N–H and O–H groups in total. The third-order valence-corrected chi connectivity index (χ3v) is 4.37. The molecule has 1 amide bonds. The van der Waals surface area contributed by atoms with Gasteiger partial charge in [0.25, 0.3) is 5.91 Å². The van der Waals surface area contributed by atoms with E-state index < -0.39 is 0 Å². The standard InChI is InChI=1S/C19H25N5O2/c1-2-3-9-23-16-18(20-21-23)24(11-10-22-12-14-26-15-13-22)19(25)17-7-5-4-6-8-17/h2,4-8,16H,1,3,9-15H2. The average Bonchev–Trinajstić information content (AvgIpc) is 3.16. The average molecular weight is 355 g/mol. The van der Waals surface area contributed by atoms with Gasteiger partial charge in [-0.25, -0.2) is 0 Å². The minimum atomic E-state index is -0.0605. The van der Waals surface area contributed by atoms with Crippen LogP contribution < -0.4 is 4.90 Å². The number of hydrogen-bond acceptors (Lipinski definition) is 5. The molecule has 0 aliphatic carbocycles. The summed E-state index contributed by atoms with van der Waals surface area (Å²) in [5.41, 5.74) is 0.648. The Hall–Kier alpha value is -2.51. The molecule has 1 saturated heterocycles. The number of carbonyl (C=O) groups is 1. The Balaban J connectivity index is 1.75. The van der Waals surface area contributed by atoms with Gasteiger partial charge >= 0.3 is 0 Å². The van der Waals surface area contributed by atoms with Crippen LogP contribution >= 0.6 is 0 Å². The highest BCUT2D eigenvalue weighted by molar-refractivity contribution is 6.05. The first-order valence-corrected chi connectivity index (χ1v) is 8.96. The summed E-state index contributed by atoms with van der Waals surface area (Å²) in [6.07, 6.45) is 4.47. The molecule has 2 heterocycles. The highest BCUT2D eigenvalue weighted by Crippen LogP contribution is 2.15. The van der Waals surface area contributed by atoms with Crippen LogP contribution in [0.3, 0.4) is 0 Å². The molecule has 0 radical (unpaired) electrons. The Bertz CT molecular complexity index is 710. The first-order valence-electron chi connectivity index (χ1n) is 8.96. The maximum atomic E-state index is 13.0. The van der Waals surface area contributed by atoms with Crippen LogP contribution in [0.15, 0.2) is 49.2 Å². The van der Waals surface area contributed by atoms with Gasteiger partial charge in [-0.1, -0.05) is 29.5 Å². The molecule has 1 aromatic carbocycles. The molecule has 1 aromatic heterocycles. The van der Waals surface area contributed by atoms with Crippen molar-refractivity contribution in [1.29, 1.82) is 0 Å². The fraction of sp³-hybridized carbons (Fsp3) is 0.421. The molecule has 3 rings (SSSR count). The van der Waals surface area contributed by atoms with Crippen molar-refractivity contribution >= 4 is 11.7 Å². The van der Waals surface area contributed by atoms with Gasteiger partial charge in [0.2, 0.25) is 0 Å². The predicted octanol–water partition coefficient (Wildman–Crippen LogP) is 1.83. The normalized spacial score (nSPS) is 14.9. The summed E-state index contributed by atoms with van der Waals surface area (Å²) in [7, 11) is 0. The van der Waals surface area contributed by atoms with Crippen LogP contribution in [-0.2, 0) is 11.3 Å². The van der Waals surface area contributed by atoms with Gasteiger partial charge in [0.05, 0.1) is 19.4 Å². The second-order valence-electron chi connectivity index (χ2n) is 6.19. The first-order chi connectivity index (χ1) is 12.8. The minimum Gasteiger partial charge on any atom is -0.379 e. The maximum absolute atomic E-state index is 13.0. The molecule has 7 heteroatoms. The number of amides is 1. The minimum absolute atomic E-state index is 0.0605. The number of aryl methyl sites for hydroxylation is 1. The lowest BCUT2D eigenvalue weighted by Gasteiger charge is -2.29. The number of morpholine rings is 1. The second kappa shape index (κ2) is 9.26. The summed E-state index contributed by atoms with van der Waals surface area (Å²) < 4.78 is 7.14. The molecule has 1 aliphatic rings. The Labute approximate surface area is 153 Å². The van der Waals surface area contributed by atoms with E-state index >= 15 is 0 Å². The molecule has 0 saturated carbocycles. The van der Waals surface area contributed by atoms with Gasteiger partial charge in [0.1, 0.15) is 0 Å². The maximum Gasteiger partial charge on any atom is 0.259 e. The Kier molecular flexibility index (Phi) is 6.51. The van der Waals surface area contributed by atoms with Gasteiger partial charge in [-0.15, -0.1) is 11.7 Å². The number of rotatable bonds is 8. The van der Waals surface area contributed by atoms with Crippen LogP contribution in [0.5, 0.6) is 0 Å². The van der Waals surface area contributed by atoms with Crippen LogP contribution in [0.2, 0.25) is 0 Å². The highest BCUT2D eigenvalue weighted by atomic mass is 16.5. The summed E-state index contributed by atoms with van der Waals surface area (Å²) in [4.78, 5) is 17.0. The van der Waals surface area contributed by atoms with Gasteiger partial charge < -0.3 is 4.74 Å². The number of anilines is 1. The lowest BCUT2D eigenvalue weighted by Crippen LogP contribution is -2.43. The molecule has 0 unspecified atom stereocenters. The molecular formula is C19H25N5O2. The topological polar surface area (TPSA) is 63.5 Å². The van der Waals surface area contributed by atoms with E-state index in [4.69, 9.17) is 4.74 Å². The summed E-state index contributed by atoms with van der Waals surface area (Å²) in [6.45, 7) is 9.03. The number of ether oxygens (including phenoxy) is 1. The Morgan fingerprint density at radius 2 is 2.00 bits per heavy atom. The summed E-state index contributed by atoms with van der Waals surface area (Å²) >= 11 is 0. The summed E-state index contributed by atoms with van der Waals surface area (Å²) in [5.74, 6) is 0.519. The molecule has 1 fully saturated rings. The van der Waals surface area contributed by atoms with Crippen molar-refractivity contribution in [1.82, 2.24) is 19.9 Å². The van der Waals surface area contributed by atoms with E-state index in [9.17, 15) is 4.79 Å². The van der Waals surface area contributed by atoms with Gasteiger partial charge in [-0.2, -0.15) is 0 Å². The lowest BCUT2D eigenvalue weighted by atomic mass is 10.2. The van der Waals surface area contributed by atoms with E-state index in [0.717, 1.165) is 39.3 Å². The monoisotopic (exact) mass is 355 g/mol. The smallest absolute Gasteiger partial charge is 0.259 e. The highest BCUT2D eigenvalue weighted by Gasteiger charge is 2.22. The number of nitrogens with zero attached hydrogens (tertiary/aromatic N) is 5. The zero-order valence-electron chi connectivity index (χ0n) is 15.0. The molecular weight excluding hydrogens is 330 g/mol. The molecule has 26 heavy (non-hydrogen) atoms. The fourth-order valence-corrected chi connectivity index (χ4v) is 2.87. The van der Waals surface area contributed by atoms with Crippen LogP contribution in [0.25, 0.3) is 0 Å². The van der Waals surface area contributed by atoms with Crippen molar-refractivity contribution in [2.75, 3.05) is 44.3 Å². The van der Waals surface area contributed by atoms with Gasteiger partial charge in [-0.05, 0) is 18.6 Å². The molecule has 2 aromatic rings. The van der Waals surface area contributed by atoms with Crippen molar-refractivity contribution in [3.05, 3.63) is 54.7 Å². The van der Waals surface area contributed by atoms with Crippen LogP contribution in [-0.4, -0.2) is 65.2 Å². The molecule has 138 valence electrons. The van der Waals surface area contributed by atoms with Crippen LogP contribution in [0.1, 0.15) is 16.8 Å². The molecule has 0 atom stereocenters. The third kappa shape index (κ3) is 4.77. The van der Waals surface area contributed by atoms with E-state index in [-0.39, 0.29) is 5.91 Å². The first kappa shape index (κ1) is 18.3. The van der Waals surface area contributed by atoms with E-state index in [2.05, 4.69) is 21.8 Å². The SMILES string of the molecule is C=CCCn1cc(N(CCN2CCOCC2)C(=O)c2ccccc2)nn1. The molecule has 1 aliphatic heterocycles. The van der Waals surface area contributed by atoms with Gasteiger partial charge in [0.15, 0.2) is 5.82 Å². The van der Waals surface area contributed by atoms with Crippen molar-refractivity contribution in [2.45, 2.75) is 13.0 Å². The van der Waals surface area contributed by atoms with Crippen molar-refractivity contribution in [2.24, 2.45) is 0 Å². The van der Waals surface area contributed by atoms with Crippen molar-refractivity contribution in [3.63, 3.8) is 0 Å². The van der Waals surface area contributed by atoms with Gasteiger partial charge in [-0.3, -0.25) is 19.3 Å². The number of allylic oxidation sites excluding steroid dienone is 1. The third-order valence-electron chi connectivity index (χ3n) is 4.37. The van der Waals surface area contributed by atoms with Gasteiger partial charge in [0, 0.05) is 38.3 Å². The van der Waals surface area contributed by atoms with Crippen LogP contribution in [0.4, 0.5) is 5.82 Å². The van der Waals surface area contributed by atoms with E-state index in [1.54, 1.807) is 9.58 Å². The van der Waals surface area contributed by atoms with E-state index in [1.165, 1.54) is 0 Å². The van der Waals surface area contributed by atoms with Crippen molar-refractivity contribution in [3.8, 4) is 0 Å². The largest absolute Gasteiger partial charge is 0.379 e. The summed E-state index contributed by atoms with van der Waals surface area (Å²) in [6, 6.07) is 9.29. The zero-order valence-corrected chi connectivity index (χ0v) is 15.0. The van der Waals surface area contributed by atoms with Crippen molar-refractivity contribution < 1.29 is 9.53 Å². The lowest BCUT2D eigenvalue weighted by molar-refractivity contribution is 0.0391. The summed E-state index contributed by atoms with van der Waals surface area (Å²) in [5, 5.41) is 8.36. The van der Waals surface area contributed by atoms with Crippen LogP contribution in [0, 0.1) is 0 Å². The quantitative estimate of drug-likeness (QED) is 0.676. The number of carbonyl (C=O) groups excluding carboxylic acids is 1. The second-order valence-corrected chi connectivity index (χ2v) is 6.19. The zero-order chi connectivity index (χ0) is 18.2.